The lowest BCUT2D eigenvalue weighted by molar-refractivity contribution is -0.356. The van der Waals surface area contributed by atoms with Gasteiger partial charge in [0.05, 0.1) is 17.7 Å². The highest BCUT2D eigenvalue weighted by atomic mass is 16.8. The number of hydrogen-bond donors (Lipinski definition) is 0. The predicted molar refractivity (Wildman–Crippen MR) is 127 cm³/mol. The molecule has 5 rings (SSSR count). The molecule has 0 radical (unpaired) electrons. The first kappa shape index (κ1) is 24.1. The van der Waals surface area contributed by atoms with Crippen molar-refractivity contribution < 1.29 is 38.0 Å². The zero-order valence-corrected chi connectivity index (χ0v) is 19.6. The largest absolute Gasteiger partial charge is 0.452 e. The lowest BCUT2D eigenvalue weighted by atomic mass is 9.97. The van der Waals surface area contributed by atoms with Gasteiger partial charge in [-0.1, -0.05) is 66.7 Å². The number of rotatable bonds is 6. The Kier molecular flexibility index (Phi) is 7.39. The summed E-state index contributed by atoms with van der Waals surface area (Å²) in [5.41, 5.74) is 1.50. The second-order valence-corrected chi connectivity index (χ2v) is 8.43. The first-order valence-electron chi connectivity index (χ1n) is 11.7. The molecule has 36 heavy (non-hydrogen) atoms. The Labute approximate surface area is 208 Å². The second-order valence-electron chi connectivity index (χ2n) is 8.43. The number of methoxy groups -OCH3 is 1. The van der Waals surface area contributed by atoms with Gasteiger partial charge in [0.1, 0.15) is 12.2 Å². The van der Waals surface area contributed by atoms with E-state index < -0.39 is 48.9 Å². The minimum atomic E-state index is -1.09. The van der Waals surface area contributed by atoms with Crippen LogP contribution in [-0.4, -0.2) is 56.4 Å². The molecule has 2 aliphatic heterocycles. The number of benzene rings is 3. The van der Waals surface area contributed by atoms with Crippen LogP contribution in [0.4, 0.5) is 0 Å². The zero-order valence-electron chi connectivity index (χ0n) is 19.6. The predicted octanol–water partition coefficient (Wildman–Crippen LogP) is 3.92. The van der Waals surface area contributed by atoms with Gasteiger partial charge in [-0.25, -0.2) is 9.59 Å². The molecule has 2 aliphatic rings. The van der Waals surface area contributed by atoms with Crippen LogP contribution in [0.25, 0.3) is 0 Å². The summed E-state index contributed by atoms with van der Waals surface area (Å²) in [5.74, 6) is -1.18. The van der Waals surface area contributed by atoms with Gasteiger partial charge in [0, 0.05) is 12.7 Å². The molecular weight excluding hydrogens is 464 g/mol. The van der Waals surface area contributed by atoms with Gasteiger partial charge in [0.2, 0.25) is 0 Å². The van der Waals surface area contributed by atoms with E-state index in [0.29, 0.717) is 11.1 Å². The van der Waals surface area contributed by atoms with E-state index in [0.717, 1.165) is 5.56 Å². The van der Waals surface area contributed by atoms with Gasteiger partial charge in [0.15, 0.2) is 24.8 Å². The highest BCUT2D eigenvalue weighted by Crippen LogP contribution is 2.37. The lowest BCUT2D eigenvalue weighted by Crippen LogP contribution is -2.64. The van der Waals surface area contributed by atoms with Crippen LogP contribution in [0.5, 0.6) is 0 Å². The Hall–Kier alpha value is -3.56. The van der Waals surface area contributed by atoms with Gasteiger partial charge < -0.3 is 28.4 Å². The van der Waals surface area contributed by atoms with E-state index in [4.69, 9.17) is 28.4 Å². The summed E-state index contributed by atoms with van der Waals surface area (Å²) in [5, 5.41) is 0. The van der Waals surface area contributed by atoms with E-state index in [9.17, 15) is 9.59 Å². The van der Waals surface area contributed by atoms with Crippen LogP contribution in [0.1, 0.15) is 32.6 Å². The van der Waals surface area contributed by atoms with E-state index in [1.165, 1.54) is 7.11 Å². The maximum absolute atomic E-state index is 13.1. The van der Waals surface area contributed by atoms with Crippen molar-refractivity contribution in [3.63, 3.8) is 0 Å². The van der Waals surface area contributed by atoms with E-state index in [1.54, 1.807) is 60.7 Å². The number of esters is 2. The monoisotopic (exact) mass is 490 g/mol. The molecule has 0 saturated carbocycles. The second kappa shape index (κ2) is 11.0. The van der Waals surface area contributed by atoms with Crippen molar-refractivity contribution in [2.24, 2.45) is 0 Å². The molecule has 0 amide bonds. The molecule has 8 heteroatoms. The van der Waals surface area contributed by atoms with Crippen molar-refractivity contribution in [3.05, 3.63) is 108 Å². The van der Waals surface area contributed by atoms with Crippen LogP contribution < -0.4 is 0 Å². The van der Waals surface area contributed by atoms with E-state index >= 15 is 0 Å². The van der Waals surface area contributed by atoms with Crippen molar-refractivity contribution >= 4 is 11.9 Å². The third-order valence-corrected chi connectivity index (χ3v) is 6.09. The smallest absolute Gasteiger partial charge is 0.338 e. The van der Waals surface area contributed by atoms with Crippen LogP contribution >= 0.6 is 0 Å². The van der Waals surface area contributed by atoms with Crippen LogP contribution in [-0.2, 0) is 28.4 Å². The Bertz CT molecular complexity index is 1150. The normalized spacial score (nSPS) is 27.5. The van der Waals surface area contributed by atoms with Gasteiger partial charge >= 0.3 is 11.9 Å². The Morgan fingerprint density at radius 1 is 0.722 bits per heavy atom. The maximum Gasteiger partial charge on any atom is 0.338 e. The third kappa shape index (κ3) is 5.17. The molecule has 2 heterocycles. The summed E-state index contributed by atoms with van der Waals surface area (Å²) in [6, 6.07) is 26.5. The molecule has 0 aromatic heterocycles. The number of ether oxygens (including phenoxy) is 6. The first-order valence-corrected chi connectivity index (χ1v) is 11.7. The molecule has 6 atom stereocenters. The first-order chi connectivity index (χ1) is 17.6. The van der Waals surface area contributed by atoms with Crippen molar-refractivity contribution in [2.45, 2.75) is 37.0 Å². The molecule has 3 aromatic rings. The maximum atomic E-state index is 13.1. The van der Waals surface area contributed by atoms with Crippen LogP contribution in [0, 0.1) is 0 Å². The summed E-state index contributed by atoms with van der Waals surface area (Å²) < 4.78 is 35.5. The molecule has 0 unspecified atom stereocenters. The highest BCUT2D eigenvalue weighted by molar-refractivity contribution is 5.90. The summed E-state index contributed by atoms with van der Waals surface area (Å²) >= 11 is 0. The molecule has 0 bridgehead atoms. The quantitative estimate of drug-likeness (QED) is 0.481. The number of carbonyl (C=O) groups excluding carboxylic acids is 2. The van der Waals surface area contributed by atoms with Crippen molar-refractivity contribution in [3.8, 4) is 0 Å². The van der Waals surface area contributed by atoms with Crippen LogP contribution in [0.3, 0.4) is 0 Å². The molecule has 8 nitrogen and oxygen atoms in total. The zero-order chi connectivity index (χ0) is 24.9. The fraction of sp³-hybridized carbons (Fsp3) is 0.286. The minimum absolute atomic E-state index is 0.169. The summed E-state index contributed by atoms with van der Waals surface area (Å²) in [6.07, 6.45) is -5.23. The lowest BCUT2D eigenvalue weighted by Gasteiger charge is -2.47. The van der Waals surface area contributed by atoms with Gasteiger partial charge in [-0.15, -0.1) is 0 Å². The number of fused-ring (bicyclic) bond motifs is 1. The molecule has 3 aromatic carbocycles. The number of hydrogen-bond acceptors (Lipinski definition) is 8. The van der Waals surface area contributed by atoms with E-state index in [-0.39, 0.29) is 6.61 Å². The van der Waals surface area contributed by atoms with Gasteiger partial charge in [-0.05, 0) is 24.3 Å². The highest BCUT2D eigenvalue weighted by Gasteiger charge is 2.54. The summed E-state index contributed by atoms with van der Waals surface area (Å²) in [4.78, 5) is 26.1. The average molecular weight is 491 g/mol. The van der Waals surface area contributed by atoms with E-state index in [2.05, 4.69) is 0 Å². The topological polar surface area (TPSA) is 89.5 Å². The Balaban J connectivity index is 1.46. The van der Waals surface area contributed by atoms with Crippen LogP contribution in [0.15, 0.2) is 91.0 Å². The third-order valence-electron chi connectivity index (χ3n) is 6.09. The molecule has 0 N–H and O–H groups in total. The molecule has 2 fully saturated rings. The van der Waals surface area contributed by atoms with Gasteiger partial charge in [-0.2, -0.15) is 0 Å². The fourth-order valence-electron chi connectivity index (χ4n) is 4.31. The van der Waals surface area contributed by atoms with Crippen molar-refractivity contribution in [2.75, 3.05) is 13.7 Å². The molecule has 186 valence electrons. The molecular formula is C28H26O8. The van der Waals surface area contributed by atoms with Crippen molar-refractivity contribution in [1.82, 2.24) is 0 Å². The van der Waals surface area contributed by atoms with Crippen molar-refractivity contribution in [1.29, 1.82) is 0 Å². The van der Waals surface area contributed by atoms with E-state index in [1.807, 2.05) is 30.3 Å². The Morgan fingerprint density at radius 3 is 1.81 bits per heavy atom. The van der Waals surface area contributed by atoms with Gasteiger partial charge in [0.25, 0.3) is 0 Å². The SMILES string of the molecule is CO[C@@H]1O[C@@H]2CO[C@H](c3ccccc3)O[C@@H]2[C@@H](OC(=O)c2ccccc2)[C@@H]1OC(=O)c1ccccc1. The summed E-state index contributed by atoms with van der Waals surface area (Å²) in [6.45, 7) is 0.169. The number of carbonyl (C=O) groups is 2. The van der Waals surface area contributed by atoms with Crippen LogP contribution in [0.2, 0.25) is 0 Å². The molecule has 2 saturated heterocycles. The van der Waals surface area contributed by atoms with Gasteiger partial charge in [-0.3, -0.25) is 0 Å². The molecule has 0 spiro atoms. The standard InChI is InChI=1S/C28H26O8/c1-31-28-24(35-26(30)19-13-7-3-8-14-19)23(34-25(29)18-11-5-2-6-12-18)22-21(33-28)17-32-27(36-22)20-15-9-4-10-16-20/h2-16,21-24,27-28H,17H2,1H3/t21-,22+,23-,24+,27+,28-/m1/s1. The molecule has 0 aliphatic carbocycles. The fourth-order valence-corrected chi connectivity index (χ4v) is 4.31. The average Bonchev–Trinajstić information content (AvgIpc) is 2.95. The Morgan fingerprint density at radius 2 is 1.25 bits per heavy atom. The summed E-state index contributed by atoms with van der Waals surface area (Å²) in [7, 11) is 1.43. The minimum Gasteiger partial charge on any atom is -0.452 e.